The molecule has 3 aliphatic heterocycles. The Morgan fingerprint density at radius 3 is 2.31 bits per heavy atom. The van der Waals surface area contributed by atoms with Crippen molar-refractivity contribution in [1.29, 1.82) is 0 Å². The van der Waals surface area contributed by atoms with Crippen LogP contribution < -0.4 is 11.5 Å². The molecule has 22 heteroatoms. The summed E-state index contributed by atoms with van der Waals surface area (Å²) >= 11 is 4.14. The molecule has 0 radical (unpaired) electrons. The fourth-order valence-electron chi connectivity index (χ4n) is 5.14. The number of hydrogen-bond donors (Lipinski definition) is 4. The van der Waals surface area contributed by atoms with E-state index in [2.05, 4.69) is 42.2 Å². The summed E-state index contributed by atoms with van der Waals surface area (Å²) in [5, 5.41) is 11.0. The van der Waals surface area contributed by atoms with Crippen molar-refractivity contribution < 1.29 is 41.8 Å². The maximum atomic E-state index is 13.3. The van der Waals surface area contributed by atoms with E-state index in [-0.39, 0.29) is 30.3 Å². The van der Waals surface area contributed by atoms with Crippen LogP contribution in [-0.4, -0.2) is 87.9 Å². The van der Waals surface area contributed by atoms with E-state index in [0.717, 1.165) is 0 Å². The van der Waals surface area contributed by atoms with Crippen molar-refractivity contribution in [2.75, 3.05) is 24.7 Å². The van der Waals surface area contributed by atoms with Gasteiger partial charge in [-0.25, -0.2) is 34.5 Å². The van der Waals surface area contributed by atoms with Crippen LogP contribution in [0.25, 0.3) is 22.3 Å². The predicted octanol–water partition coefficient (Wildman–Crippen LogP) is 0.621. The SMILES string of the molecule is Nc1ncnc2c1ncn2[C@@H]1O[C@@H]2COP(=O)(S)O[C@H]3C[C@H](n4cnc5c(N)ncnc54)OC3CO[PH](=O)OC1C2O. The monoisotopic (exact) mass is 642 g/mol. The topological polar surface area (TPSA) is 249 Å². The average Bonchev–Trinajstić information content (AvgIpc) is 3.72. The number of hydrogen-bond acceptors (Lipinski definition) is 17. The minimum absolute atomic E-state index is 0.130. The summed E-state index contributed by atoms with van der Waals surface area (Å²) in [7, 11) is -3.26. The molecule has 4 aromatic heterocycles. The number of nitrogen functional groups attached to an aromatic ring is 2. The van der Waals surface area contributed by atoms with Crippen LogP contribution in [-0.2, 0) is 36.7 Å². The molecule has 0 amide bonds. The number of aromatic nitrogens is 8. The normalized spacial score (nSPS) is 36.0. The first kappa shape index (κ1) is 28.0. The Hall–Kier alpha value is -2.77. The van der Waals surface area contributed by atoms with Crippen molar-refractivity contribution in [3.05, 3.63) is 25.3 Å². The van der Waals surface area contributed by atoms with Gasteiger partial charge in [0.2, 0.25) is 0 Å². The van der Waals surface area contributed by atoms with Crippen LogP contribution in [0.5, 0.6) is 0 Å². The lowest BCUT2D eigenvalue weighted by Crippen LogP contribution is -2.34. The molecule has 224 valence electrons. The van der Waals surface area contributed by atoms with Gasteiger partial charge in [0, 0.05) is 6.42 Å². The summed E-state index contributed by atoms with van der Waals surface area (Å²) in [4.78, 5) is 24.7. The van der Waals surface area contributed by atoms with Crippen molar-refractivity contribution >= 4 is 61.3 Å². The number of imidazole rings is 2. The van der Waals surface area contributed by atoms with Crippen LogP contribution in [0, 0.1) is 0 Å². The van der Waals surface area contributed by atoms with Gasteiger partial charge in [0.1, 0.15) is 60.4 Å². The number of nitrogens with two attached hydrogens (primary N) is 2. The summed E-state index contributed by atoms with van der Waals surface area (Å²) in [5.41, 5.74) is 13.2. The van der Waals surface area contributed by atoms with E-state index >= 15 is 0 Å². The highest BCUT2D eigenvalue weighted by Crippen LogP contribution is 2.57. The van der Waals surface area contributed by atoms with Crippen LogP contribution >= 0.6 is 27.3 Å². The van der Waals surface area contributed by atoms with Crippen LogP contribution in [0.1, 0.15) is 18.9 Å². The molecule has 19 nitrogen and oxygen atoms in total. The first-order valence-electron chi connectivity index (χ1n) is 12.5. The molecule has 7 heterocycles. The molecule has 5 N–H and O–H groups in total. The molecular weight excluding hydrogens is 618 g/mol. The Bertz CT molecular complexity index is 1730. The summed E-state index contributed by atoms with van der Waals surface area (Å²) in [6, 6.07) is 0. The Morgan fingerprint density at radius 2 is 1.60 bits per heavy atom. The van der Waals surface area contributed by atoms with E-state index in [9.17, 15) is 14.2 Å². The highest BCUT2D eigenvalue weighted by atomic mass is 32.7. The van der Waals surface area contributed by atoms with Gasteiger partial charge in [0.05, 0.1) is 25.9 Å². The van der Waals surface area contributed by atoms with Crippen LogP contribution in [0.2, 0.25) is 0 Å². The maximum Gasteiger partial charge on any atom is 0.386 e. The molecule has 2 bridgehead atoms. The molecule has 3 fully saturated rings. The molecule has 9 atom stereocenters. The smallest absolute Gasteiger partial charge is 0.386 e. The summed E-state index contributed by atoms with van der Waals surface area (Å²) in [6.45, 7) is -4.75. The van der Waals surface area contributed by atoms with Gasteiger partial charge in [-0.1, -0.05) is 12.2 Å². The van der Waals surface area contributed by atoms with E-state index in [1.165, 1.54) is 29.9 Å². The third-order valence-corrected chi connectivity index (χ3v) is 9.63. The molecule has 0 saturated carbocycles. The molecule has 0 aliphatic carbocycles. The molecule has 42 heavy (non-hydrogen) atoms. The number of fused-ring (bicyclic) bond motifs is 5. The van der Waals surface area contributed by atoms with Gasteiger partial charge in [0.15, 0.2) is 29.2 Å². The molecule has 4 aromatic rings. The summed E-state index contributed by atoms with van der Waals surface area (Å²) < 4.78 is 64.1. The molecule has 3 saturated heterocycles. The third kappa shape index (κ3) is 4.96. The van der Waals surface area contributed by atoms with Gasteiger partial charge < -0.3 is 30.6 Å². The fraction of sp³-hybridized carbons (Fsp3) is 0.500. The predicted molar refractivity (Wildman–Crippen MR) is 145 cm³/mol. The quantitative estimate of drug-likeness (QED) is 0.173. The zero-order valence-electron chi connectivity index (χ0n) is 21.3. The standard InChI is InChI=1S/C20H24N10O9P2S/c21-16-12-18(25-4-23-16)29(6-27-12)11-1-8-9(36-11)2-34-40(32)38-15-14(31)10(3-35-41(33,42)39-8)37-20(15)30-7-28-13-17(22)24-5-26-19(13)30/h4-11,14-15,20,31,40H,1-3H2,(H,33,42)(H2,21,23,25)(H2,22,24,26)/t8-,9?,10+,11+,14?,15?,20+,41?/m0/s1. The van der Waals surface area contributed by atoms with E-state index in [1.54, 1.807) is 4.57 Å². The molecule has 0 aromatic carbocycles. The van der Waals surface area contributed by atoms with Crippen LogP contribution in [0.15, 0.2) is 25.3 Å². The van der Waals surface area contributed by atoms with E-state index in [0.29, 0.717) is 16.7 Å². The molecular formula is C20H24N10O9P2S. The van der Waals surface area contributed by atoms with Gasteiger partial charge in [-0.15, -0.1) is 0 Å². The van der Waals surface area contributed by atoms with Crippen molar-refractivity contribution in [2.45, 2.75) is 49.4 Å². The Balaban J connectivity index is 1.16. The van der Waals surface area contributed by atoms with E-state index in [4.69, 9.17) is 39.0 Å². The number of aliphatic hydroxyl groups excluding tert-OH is 1. The van der Waals surface area contributed by atoms with Crippen LogP contribution in [0.4, 0.5) is 11.6 Å². The molecule has 5 unspecified atom stereocenters. The highest BCUT2D eigenvalue weighted by Gasteiger charge is 2.49. The number of rotatable bonds is 2. The minimum Gasteiger partial charge on any atom is -0.387 e. The molecule has 0 spiro atoms. The van der Waals surface area contributed by atoms with E-state index < -0.39 is 64.6 Å². The number of ether oxygens (including phenoxy) is 2. The summed E-state index contributed by atoms with van der Waals surface area (Å²) in [5.74, 6) is 0.325. The lowest BCUT2D eigenvalue weighted by atomic mass is 10.1. The van der Waals surface area contributed by atoms with Crippen molar-refractivity contribution in [1.82, 2.24) is 39.0 Å². The first-order valence-corrected chi connectivity index (χ1v) is 16.4. The fourth-order valence-corrected chi connectivity index (χ4v) is 7.51. The third-order valence-electron chi connectivity index (χ3n) is 7.12. The molecule has 3 aliphatic rings. The van der Waals surface area contributed by atoms with Gasteiger partial charge in [0.25, 0.3) is 0 Å². The molecule has 7 rings (SSSR count). The van der Waals surface area contributed by atoms with Crippen molar-refractivity contribution in [2.24, 2.45) is 0 Å². The second-order valence-corrected chi connectivity index (χ2v) is 13.5. The van der Waals surface area contributed by atoms with E-state index in [1.807, 2.05) is 0 Å². The first-order chi connectivity index (χ1) is 20.2. The Labute approximate surface area is 241 Å². The second kappa shape index (κ2) is 10.7. The van der Waals surface area contributed by atoms with Crippen molar-refractivity contribution in [3.8, 4) is 0 Å². The van der Waals surface area contributed by atoms with Crippen molar-refractivity contribution in [3.63, 3.8) is 0 Å². The number of anilines is 2. The largest absolute Gasteiger partial charge is 0.387 e. The zero-order chi connectivity index (χ0) is 29.2. The lowest BCUT2D eigenvalue weighted by molar-refractivity contribution is -0.0560. The Kier molecular flexibility index (Phi) is 7.17. The number of nitrogens with zero attached hydrogens (tertiary/aromatic N) is 8. The van der Waals surface area contributed by atoms with Gasteiger partial charge in [-0.3, -0.25) is 27.3 Å². The Morgan fingerprint density at radius 1 is 0.929 bits per heavy atom. The van der Waals surface area contributed by atoms with Gasteiger partial charge in [-0.2, -0.15) is 0 Å². The zero-order valence-corrected chi connectivity index (χ0v) is 24.1. The second-order valence-electron chi connectivity index (χ2n) is 9.64. The highest BCUT2D eigenvalue weighted by molar-refractivity contribution is 8.44. The number of aliphatic hydroxyl groups is 1. The minimum atomic E-state index is -4.05. The average molecular weight is 642 g/mol. The lowest BCUT2D eigenvalue weighted by Gasteiger charge is -2.24. The summed E-state index contributed by atoms with van der Waals surface area (Å²) in [6.07, 6.45) is -1.69. The van der Waals surface area contributed by atoms with Gasteiger partial charge >= 0.3 is 15.1 Å². The van der Waals surface area contributed by atoms with Gasteiger partial charge in [-0.05, 0) is 0 Å². The number of thiol groups is 1. The van der Waals surface area contributed by atoms with Crippen LogP contribution in [0.3, 0.4) is 0 Å². The maximum absolute atomic E-state index is 13.3.